The van der Waals surface area contributed by atoms with E-state index in [0.717, 1.165) is 42.0 Å². The molecule has 5 nitrogen and oxygen atoms in total. The molecule has 0 saturated heterocycles. The molecule has 0 aliphatic rings. The zero-order valence-corrected chi connectivity index (χ0v) is 17.2. The van der Waals surface area contributed by atoms with Crippen LogP contribution in [0.4, 0.5) is 0 Å². The van der Waals surface area contributed by atoms with Gasteiger partial charge in [0.05, 0.1) is 24.2 Å². The van der Waals surface area contributed by atoms with Crippen LogP contribution in [0.2, 0.25) is 0 Å². The van der Waals surface area contributed by atoms with Crippen molar-refractivity contribution in [3.05, 3.63) is 59.4 Å². The van der Waals surface area contributed by atoms with Crippen LogP contribution in [0.5, 0.6) is 5.75 Å². The van der Waals surface area contributed by atoms with E-state index in [1.54, 1.807) is 11.8 Å². The van der Waals surface area contributed by atoms with E-state index >= 15 is 0 Å². The molecule has 3 rings (SSSR count). The number of carbonyl (C=O) groups excluding carboxylic acids is 1. The summed E-state index contributed by atoms with van der Waals surface area (Å²) in [6.45, 7) is 7.85. The van der Waals surface area contributed by atoms with Gasteiger partial charge >= 0.3 is 0 Å². The molecule has 0 aliphatic heterocycles. The first-order valence-electron chi connectivity index (χ1n) is 9.82. The quantitative estimate of drug-likeness (QED) is 0.542. The number of hydrogen-bond acceptors (Lipinski definition) is 3. The molecule has 0 saturated carbocycles. The van der Waals surface area contributed by atoms with E-state index in [2.05, 4.69) is 30.5 Å². The van der Waals surface area contributed by atoms with E-state index in [9.17, 15) is 4.79 Å². The van der Waals surface area contributed by atoms with Gasteiger partial charge in [-0.15, -0.1) is 0 Å². The summed E-state index contributed by atoms with van der Waals surface area (Å²) in [5.74, 6) is 1.94. The van der Waals surface area contributed by atoms with Gasteiger partial charge in [-0.05, 0) is 56.0 Å². The molecular weight excluding hydrogens is 350 g/mol. The smallest absolute Gasteiger partial charge is 0.219 e. The fourth-order valence-electron chi connectivity index (χ4n) is 3.25. The zero-order chi connectivity index (χ0) is 20.1. The van der Waals surface area contributed by atoms with Crippen molar-refractivity contribution in [2.24, 2.45) is 0 Å². The number of aryl methyl sites for hydroxylation is 2. The summed E-state index contributed by atoms with van der Waals surface area (Å²) in [4.78, 5) is 18.1. The van der Waals surface area contributed by atoms with Gasteiger partial charge in [0.15, 0.2) is 0 Å². The number of unbranched alkanes of at least 4 members (excludes halogenated alkanes) is 1. The number of benzene rings is 2. The third-order valence-electron chi connectivity index (χ3n) is 5.24. The Morgan fingerprint density at radius 3 is 2.68 bits per heavy atom. The minimum absolute atomic E-state index is 0.0422. The Balaban J connectivity index is 1.63. The van der Waals surface area contributed by atoms with Gasteiger partial charge in [-0.25, -0.2) is 4.98 Å². The Kier molecular flexibility index (Phi) is 6.34. The second-order valence-electron chi connectivity index (χ2n) is 7.30. The number of nitrogens with zero attached hydrogens (tertiary/aromatic N) is 3. The molecule has 0 fully saturated rings. The van der Waals surface area contributed by atoms with Crippen LogP contribution in [-0.4, -0.2) is 34.0 Å². The van der Waals surface area contributed by atoms with Gasteiger partial charge in [0.1, 0.15) is 11.6 Å². The lowest BCUT2D eigenvalue weighted by molar-refractivity contribution is -0.128. The van der Waals surface area contributed by atoms with E-state index in [1.165, 1.54) is 11.1 Å². The van der Waals surface area contributed by atoms with E-state index in [1.807, 2.05) is 37.4 Å². The number of rotatable bonds is 8. The Morgan fingerprint density at radius 2 is 1.89 bits per heavy atom. The molecule has 1 aromatic heterocycles. The number of ether oxygens (including phenoxy) is 1. The van der Waals surface area contributed by atoms with Crippen molar-refractivity contribution in [1.29, 1.82) is 0 Å². The second kappa shape index (κ2) is 8.91. The minimum Gasteiger partial charge on any atom is -0.493 e. The summed E-state index contributed by atoms with van der Waals surface area (Å²) in [6.07, 6.45) is 1.95. The van der Waals surface area contributed by atoms with Crippen LogP contribution in [0, 0.1) is 13.8 Å². The average molecular weight is 380 g/mol. The van der Waals surface area contributed by atoms with Crippen LogP contribution < -0.4 is 4.74 Å². The van der Waals surface area contributed by atoms with Crippen LogP contribution in [0.15, 0.2) is 42.5 Å². The summed E-state index contributed by atoms with van der Waals surface area (Å²) in [7, 11) is 1.81. The van der Waals surface area contributed by atoms with Gasteiger partial charge in [-0.1, -0.05) is 24.3 Å². The first-order valence-corrected chi connectivity index (χ1v) is 9.82. The highest BCUT2D eigenvalue weighted by molar-refractivity contribution is 5.76. The first-order chi connectivity index (χ1) is 13.5. The van der Waals surface area contributed by atoms with Gasteiger partial charge in [-0.3, -0.25) is 4.79 Å². The number of amides is 1. The molecule has 1 heterocycles. The van der Waals surface area contributed by atoms with Gasteiger partial charge in [0.2, 0.25) is 5.91 Å². The molecule has 0 atom stereocenters. The summed E-state index contributed by atoms with van der Waals surface area (Å²) < 4.78 is 8.20. The van der Waals surface area contributed by atoms with Gasteiger partial charge in [-0.2, -0.15) is 0 Å². The highest BCUT2D eigenvalue weighted by Crippen LogP contribution is 2.21. The predicted octanol–water partition coefficient (Wildman–Crippen LogP) is 4.49. The molecule has 1 amide bonds. The molecule has 0 bridgehead atoms. The normalized spacial score (nSPS) is 11.0. The Bertz CT molecular complexity index is 962. The van der Waals surface area contributed by atoms with E-state index in [4.69, 9.17) is 9.72 Å². The Hall–Kier alpha value is -2.82. The molecule has 0 aliphatic carbocycles. The van der Waals surface area contributed by atoms with E-state index in [-0.39, 0.29) is 5.91 Å². The maximum Gasteiger partial charge on any atom is 0.219 e. The molecule has 148 valence electrons. The van der Waals surface area contributed by atoms with Crippen molar-refractivity contribution < 1.29 is 9.53 Å². The molecule has 5 heteroatoms. The third kappa shape index (κ3) is 4.53. The standard InChI is InChI=1S/C23H29N3O2/c1-17-10-9-13-22(18(17)2)28-15-8-7-14-26-21-12-6-5-11-20(21)24-23(26)16-25(4)19(3)27/h5-6,9-13H,7-8,14-16H2,1-4H3. The predicted molar refractivity (Wildman–Crippen MR) is 113 cm³/mol. The largest absolute Gasteiger partial charge is 0.493 e. The molecule has 0 spiro atoms. The van der Waals surface area contributed by atoms with Gasteiger partial charge in [0.25, 0.3) is 0 Å². The molecule has 0 radical (unpaired) electrons. The highest BCUT2D eigenvalue weighted by atomic mass is 16.5. The molecule has 2 aromatic carbocycles. The van der Waals surface area contributed by atoms with Crippen LogP contribution in [0.25, 0.3) is 11.0 Å². The zero-order valence-electron chi connectivity index (χ0n) is 17.2. The van der Waals surface area contributed by atoms with Crippen molar-refractivity contribution in [2.75, 3.05) is 13.7 Å². The summed E-state index contributed by atoms with van der Waals surface area (Å²) in [6, 6.07) is 14.3. The fourth-order valence-corrected chi connectivity index (χ4v) is 3.25. The summed E-state index contributed by atoms with van der Waals surface area (Å²) in [5, 5.41) is 0. The number of fused-ring (bicyclic) bond motifs is 1. The van der Waals surface area contributed by atoms with Crippen molar-refractivity contribution in [3.63, 3.8) is 0 Å². The SMILES string of the molecule is CC(=O)N(C)Cc1nc2ccccc2n1CCCCOc1cccc(C)c1C. The Labute approximate surface area is 166 Å². The molecule has 28 heavy (non-hydrogen) atoms. The van der Waals surface area contributed by atoms with Crippen molar-refractivity contribution >= 4 is 16.9 Å². The second-order valence-corrected chi connectivity index (χ2v) is 7.30. The van der Waals surface area contributed by atoms with Crippen molar-refractivity contribution in [3.8, 4) is 5.75 Å². The topological polar surface area (TPSA) is 47.4 Å². The third-order valence-corrected chi connectivity index (χ3v) is 5.24. The number of hydrogen-bond donors (Lipinski definition) is 0. The van der Waals surface area contributed by atoms with Gasteiger partial charge in [0, 0.05) is 20.5 Å². The maximum atomic E-state index is 11.6. The first kappa shape index (κ1) is 19.9. The molecule has 0 unspecified atom stereocenters. The Morgan fingerprint density at radius 1 is 1.11 bits per heavy atom. The lowest BCUT2D eigenvalue weighted by atomic mass is 10.1. The minimum atomic E-state index is 0.0422. The maximum absolute atomic E-state index is 11.6. The average Bonchev–Trinajstić information content (AvgIpc) is 3.02. The van der Waals surface area contributed by atoms with Crippen LogP contribution in [-0.2, 0) is 17.9 Å². The van der Waals surface area contributed by atoms with Crippen LogP contribution >= 0.6 is 0 Å². The number of aromatic nitrogens is 2. The lowest BCUT2D eigenvalue weighted by Crippen LogP contribution is -2.25. The molecular formula is C23H29N3O2. The summed E-state index contributed by atoms with van der Waals surface area (Å²) >= 11 is 0. The monoisotopic (exact) mass is 379 g/mol. The molecule has 0 N–H and O–H groups in total. The number of carbonyl (C=O) groups is 1. The van der Waals surface area contributed by atoms with Crippen LogP contribution in [0.1, 0.15) is 36.7 Å². The van der Waals surface area contributed by atoms with E-state index in [0.29, 0.717) is 13.2 Å². The van der Waals surface area contributed by atoms with Crippen molar-refractivity contribution in [2.45, 2.75) is 46.7 Å². The van der Waals surface area contributed by atoms with Crippen molar-refractivity contribution in [1.82, 2.24) is 14.5 Å². The molecule has 3 aromatic rings. The van der Waals surface area contributed by atoms with Gasteiger partial charge < -0.3 is 14.2 Å². The number of para-hydroxylation sites is 2. The fraction of sp³-hybridized carbons (Fsp3) is 0.391. The number of imidazole rings is 1. The lowest BCUT2D eigenvalue weighted by Gasteiger charge is -2.16. The summed E-state index contributed by atoms with van der Waals surface area (Å²) in [5.41, 5.74) is 4.55. The van der Waals surface area contributed by atoms with Crippen LogP contribution in [0.3, 0.4) is 0 Å². The highest BCUT2D eigenvalue weighted by Gasteiger charge is 2.13. The van der Waals surface area contributed by atoms with E-state index < -0.39 is 0 Å².